The van der Waals surface area contributed by atoms with Gasteiger partial charge in [0, 0.05) is 0 Å². The van der Waals surface area contributed by atoms with Crippen molar-refractivity contribution in [1.29, 1.82) is 0 Å². The lowest BCUT2D eigenvalue weighted by atomic mass is 9.47. The van der Waals surface area contributed by atoms with Crippen LogP contribution in [0.15, 0.2) is 12.2 Å². The van der Waals surface area contributed by atoms with Gasteiger partial charge in [-0.2, -0.15) is 0 Å². The van der Waals surface area contributed by atoms with Gasteiger partial charge in [0.15, 0.2) is 0 Å². The fraction of sp³-hybridized carbons (Fsp3) is 0.857. The molecule has 0 aromatic rings. The molecule has 3 rings (SSSR count). The highest BCUT2D eigenvalue weighted by Gasteiger charge is 2.55. The van der Waals surface area contributed by atoms with Crippen LogP contribution in [-0.4, -0.2) is 11.7 Å². The van der Waals surface area contributed by atoms with E-state index in [1.165, 1.54) is 12.0 Å². The standard InChI is InChI=1S/C14H24O2/c1-9-11-7-10(14(11,5)6)8-12(9)15-16-13(2,3)4/h10-12H,1,7-8H2,2-6H3/t10-,11+,12+/m1/s1. The van der Waals surface area contributed by atoms with Crippen LogP contribution in [0.4, 0.5) is 0 Å². The zero-order valence-corrected chi connectivity index (χ0v) is 11.2. The summed E-state index contributed by atoms with van der Waals surface area (Å²) in [4.78, 5) is 11.0. The topological polar surface area (TPSA) is 18.5 Å². The van der Waals surface area contributed by atoms with E-state index in [0.717, 1.165) is 12.3 Å². The van der Waals surface area contributed by atoms with Crippen molar-refractivity contribution in [1.82, 2.24) is 0 Å². The highest BCUT2D eigenvalue weighted by atomic mass is 17.2. The third-order valence-corrected chi connectivity index (χ3v) is 4.24. The summed E-state index contributed by atoms with van der Waals surface area (Å²) >= 11 is 0. The van der Waals surface area contributed by atoms with E-state index in [2.05, 4.69) is 20.4 Å². The summed E-state index contributed by atoms with van der Waals surface area (Å²) in [6, 6.07) is 0. The van der Waals surface area contributed by atoms with Crippen molar-refractivity contribution in [2.45, 2.75) is 59.2 Å². The van der Waals surface area contributed by atoms with Gasteiger partial charge in [-0.25, -0.2) is 9.78 Å². The van der Waals surface area contributed by atoms with E-state index < -0.39 is 0 Å². The monoisotopic (exact) mass is 224 g/mol. The summed E-state index contributed by atoms with van der Waals surface area (Å²) in [7, 11) is 0. The molecule has 92 valence electrons. The Bertz CT molecular complexity index is 298. The summed E-state index contributed by atoms with van der Waals surface area (Å²) in [5.74, 6) is 1.40. The smallest absolute Gasteiger partial charge is 0.114 e. The fourth-order valence-electron chi connectivity index (χ4n) is 2.98. The Balaban J connectivity index is 1.94. The molecule has 3 fully saturated rings. The highest BCUT2D eigenvalue weighted by Crippen LogP contribution is 2.61. The van der Waals surface area contributed by atoms with Gasteiger partial charge in [-0.1, -0.05) is 20.4 Å². The molecule has 0 unspecified atom stereocenters. The van der Waals surface area contributed by atoms with Crippen molar-refractivity contribution in [2.24, 2.45) is 17.3 Å². The van der Waals surface area contributed by atoms with E-state index >= 15 is 0 Å². The lowest BCUT2D eigenvalue weighted by molar-refractivity contribution is -0.376. The average molecular weight is 224 g/mol. The van der Waals surface area contributed by atoms with Gasteiger partial charge in [-0.05, 0) is 56.4 Å². The van der Waals surface area contributed by atoms with E-state index in [-0.39, 0.29) is 11.7 Å². The molecule has 0 spiro atoms. The molecular weight excluding hydrogens is 200 g/mol. The molecule has 3 aliphatic carbocycles. The minimum Gasteiger partial charge on any atom is -0.230 e. The van der Waals surface area contributed by atoms with Crippen LogP contribution in [0.25, 0.3) is 0 Å². The van der Waals surface area contributed by atoms with Gasteiger partial charge in [0.1, 0.15) is 6.10 Å². The summed E-state index contributed by atoms with van der Waals surface area (Å²) in [6.45, 7) is 14.9. The molecular formula is C14H24O2. The minimum atomic E-state index is -0.239. The van der Waals surface area contributed by atoms with Crippen molar-refractivity contribution in [3.05, 3.63) is 12.2 Å². The van der Waals surface area contributed by atoms with E-state index in [0.29, 0.717) is 11.3 Å². The van der Waals surface area contributed by atoms with Gasteiger partial charge in [-0.15, -0.1) is 0 Å². The number of hydrogen-bond acceptors (Lipinski definition) is 2. The summed E-state index contributed by atoms with van der Waals surface area (Å²) < 4.78 is 0. The first-order valence-electron chi connectivity index (χ1n) is 6.25. The van der Waals surface area contributed by atoms with E-state index in [1.54, 1.807) is 0 Å². The van der Waals surface area contributed by atoms with Gasteiger partial charge in [-0.3, -0.25) is 0 Å². The largest absolute Gasteiger partial charge is 0.230 e. The normalized spacial score (nSPS) is 37.1. The molecule has 2 bridgehead atoms. The maximum absolute atomic E-state index is 5.55. The van der Waals surface area contributed by atoms with Gasteiger partial charge >= 0.3 is 0 Å². The Morgan fingerprint density at radius 2 is 1.88 bits per heavy atom. The van der Waals surface area contributed by atoms with Crippen LogP contribution in [0.5, 0.6) is 0 Å². The van der Waals surface area contributed by atoms with Crippen LogP contribution in [0.2, 0.25) is 0 Å². The first kappa shape index (κ1) is 12.1. The molecule has 0 amide bonds. The highest BCUT2D eigenvalue weighted by molar-refractivity contribution is 5.23. The van der Waals surface area contributed by atoms with Gasteiger partial charge in [0.05, 0.1) is 5.60 Å². The molecule has 3 aliphatic rings. The van der Waals surface area contributed by atoms with Crippen LogP contribution >= 0.6 is 0 Å². The summed E-state index contributed by atoms with van der Waals surface area (Å²) in [5.41, 5.74) is 1.42. The second-order valence-electron chi connectivity index (χ2n) is 6.90. The molecule has 0 saturated heterocycles. The Morgan fingerprint density at radius 1 is 1.25 bits per heavy atom. The number of fused-ring (bicyclic) bond motifs is 2. The average Bonchev–Trinajstić information content (AvgIpc) is 2.13. The molecule has 2 nitrogen and oxygen atoms in total. The third-order valence-electron chi connectivity index (χ3n) is 4.24. The summed E-state index contributed by atoms with van der Waals surface area (Å²) in [5, 5.41) is 0. The second kappa shape index (κ2) is 3.58. The Kier molecular flexibility index (Phi) is 2.71. The van der Waals surface area contributed by atoms with Crippen molar-refractivity contribution in [2.75, 3.05) is 0 Å². The first-order chi connectivity index (χ1) is 7.22. The van der Waals surface area contributed by atoms with E-state index in [9.17, 15) is 0 Å². The molecule has 0 heterocycles. The Labute approximate surface area is 98.9 Å². The van der Waals surface area contributed by atoms with E-state index in [1.807, 2.05) is 20.8 Å². The van der Waals surface area contributed by atoms with Crippen LogP contribution in [0.3, 0.4) is 0 Å². The van der Waals surface area contributed by atoms with Crippen molar-refractivity contribution < 1.29 is 9.78 Å². The van der Waals surface area contributed by atoms with Crippen LogP contribution in [0, 0.1) is 17.3 Å². The SMILES string of the molecule is C=C1[C@@H](OOC(C)(C)C)C[C@H]2C[C@@H]1C2(C)C. The van der Waals surface area contributed by atoms with Gasteiger partial charge in [0.2, 0.25) is 0 Å². The predicted octanol–water partition coefficient (Wildman–Crippen LogP) is 3.72. The molecule has 0 N–H and O–H groups in total. The maximum Gasteiger partial charge on any atom is 0.114 e. The first-order valence-corrected chi connectivity index (χ1v) is 6.25. The minimum absolute atomic E-state index is 0.107. The zero-order valence-electron chi connectivity index (χ0n) is 11.2. The van der Waals surface area contributed by atoms with Crippen LogP contribution in [-0.2, 0) is 9.78 Å². The van der Waals surface area contributed by atoms with Crippen molar-refractivity contribution in [3.63, 3.8) is 0 Å². The van der Waals surface area contributed by atoms with Gasteiger partial charge in [0.25, 0.3) is 0 Å². The Hall–Kier alpha value is -0.340. The zero-order chi connectivity index (χ0) is 12.1. The fourth-order valence-corrected chi connectivity index (χ4v) is 2.98. The molecule has 0 aromatic carbocycles. The molecule has 0 aromatic heterocycles. The molecule has 3 atom stereocenters. The molecule has 3 saturated carbocycles. The molecule has 16 heavy (non-hydrogen) atoms. The van der Waals surface area contributed by atoms with E-state index in [4.69, 9.17) is 9.78 Å². The third kappa shape index (κ3) is 1.93. The molecule has 2 heteroatoms. The van der Waals surface area contributed by atoms with Crippen LogP contribution in [0.1, 0.15) is 47.5 Å². The second-order valence-corrected chi connectivity index (χ2v) is 6.90. The number of rotatable bonds is 2. The lowest BCUT2D eigenvalue weighted by Crippen LogP contribution is -2.54. The molecule has 0 radical (unpaired) electrons. The van der Waals surface area contributed by atoms with Crippen molar-refractivity contribution in [3.8, 4) is 0 Å². The maximum atomic E-state index is 5.55. The summed E-state index contributed by atoms with van der Waals surface area (Å²) in [6.07, 6.45) is 2.47. The van der Waals surface area contributed by atoms with Crippen LogP contribution < -0.4 is 0 Å². The van der Waals surface area contributed by atoms with Crippen molar-refractivity contribution >= 4 is 0 Å². The Morgan fingerprint density at radius 3 is 2.31 bits per heavy atom. The predicted molar refractivity (Wildman–Crippen MR) is 64.8 cm³/mol. The quantitative estimate of drug-likeness (QED) is 0.404. The lowest BCUT2D eigenvalue weighted by Gasteiger charge is -2.59. The number of hydrogen-bond donors (Lipinski definition) is 0. The van der Waals surface area contributed by atoms with Gasteiger partial charge < -0.3 is 0 Å². The molecule has 0 aliphatic heterocycles.